The van der Waals surface area contributed by atoms with E-state index in [0.717, 1.165) is 6.42 Å². The molecule has 4 unspecified atom stereocenters. The second-order valence-corrected chi connectivity index (χ2v) is 14.5. The van der Waals surface area contributed by atoms with Gasteiger partial charge in [0.1, 0.15) is 29.7 Å². The van der Waals surface area contributed by atoms with E-state index in [1.54, 1.807) is 27.0 Å². The molecule has 248 valence electrons. The first-order valence-electron chi connectivity index (χ1n) is 14.4. The fourth-order valence-corrected chi connectivity index (χ4v) is 6.52. The highest BCUT2D eigenvalue weighted by Crippen LogP contribution is 2.40. The van der Waals surface area contributed by atoms with Crippen LogP contribution in [0, 0.1) is 22.0 Å². The van der Waals surface area contributed by atoms with E-state index in [-0.39, 0.29) is 54.8 Å². The number of aromatic nitrogens is 1. The molecule has 13 nitrogen and oxygen atoms in total. The standard InChI is InChI=1S/C29H47N5O8S2/c1-11-19(4)26(22(41-10)14-20(5)35)32(8)24(36)16-31-27(37)25(18(2)3)33(9)28(38)42-17-29(6,7)44-43-23-13-12-21(15-30-23)34(39)40/h12-13,15,18-19,22,25-26H,11,14,16-17H2,1-10H3,(H,31,37). The van der Waals surface area contributed by atoms with Gasteiger partial charge in [-0.3, -0.25) is 29.4 Å². The summed E-state index contributed by atoms with van der Waals surface area (Å²) in [5.41, 5.74) is -0.101. The Morgan fingerprint density at radius 2 is 1.77 bits per heavy atom. The number of hydrogen-bond donors (Lipinski definition) is 1. The van der Waals surface area contributed by atoms with Crippen molar-refractivity contribution in [1.82, 2.24) is 20.1 Å². The summed E-state index contributed by atoms with van der Waals surface area (Å²) in [5.74, 6) is -1.13. The van der Waals surface area contributed by atoms with Crippen molar-refractivity contribution in [3.8, 4) is 0 Å². The third-order valence-electron chi connectivity index (χ3n) is 7.09. The highest BCUT2D eigenvalue weighted by atomic mass is 33.1. The first-order valence-corrected chi connectivity index (χ1v) is 16.5. The van der Waals surface area contributed by atoms with Gasteiger partial charge in [-0.2, -0.15) is 0 Å². The molecule has 0 aliphatic rings. The molecule has 0 fully saturated rings. The van der Waals surface area contributed by atoms with Crippen LogP contribution in [-0.2, 0) is 23.9 Å². The van der Waals surface area contributed by atoms with E-state index in [0.29, 0.717) is 5.03 Å². The van der Waals surface area contributed by atoms with Crippen molar-refractivity contribution in [1.29, 1.82) is 0 Å². The van der Waals surface area contributed by atoms with Gasteiger partial charge in [-0.05, 0) is 49.5 Å². The number of nitrogens with zero attached hydrogens (tertiary/aromatic N) is 4. The number of ketones is 1. The molecule has 15 heteroatoms. The highest BCUT2D eigenvalue weighted by Gasteiger charge is 2.35. The molecule has 1 aromatic rings. The quantitative estimate of drug-likeness (QED) is 0.134. The van der Waals surface area contributed by atoms with E-state index in [2.05, 4.69) is 10.3 Å². The van der Waals surface area contributed by atoms with E-state index in [1.165, 1.54) is 64.7 Å². The summed E-state index contributed by atoms with van der Waals surface area (Å²) in [6.07, 6.45) is 0.931. The number of carbonyl (C=O) groups is 4. The van der Waals surface area contributed by atoms with Gasteiger partial charge in [-0.15, -0.1) is 0 Å². The lowest BCUT2D eigenvalue weighted by Crippen LogP contribution is -2.55. The largest absolute Gasteiger partial charge is 0.448 e. The van der Waals surface area contributed by atoms with Gasteiger partial charge < -0.3 is 19.7 Å². The zero-order valence-corrected chi connectivity index (χ0v) is 29.0. The molecule has 1 N–H and O–H groups in total. The normalized spacial score (nSPS) is 14.2. The van der Waals surface area contributed by atoms with Crippen LogP contribution in [-0.4, -0.2) is 101 Å². The maximum Gasteiger partial charge on any atom is 0.410 e. The summed E-state index contributed by atoms with van der Waals surface area (Å²) in [5, 5.41) is 14.1. The summed E-state index contributed by atoms with van der Waals surface area (Å²) in [7, 11) is 7.31. The molecule has 0 aliphatic carbocycles. The molecule has 4 atom stereocenters. The Labute approximate surface area is 268 Å². The number of likely N-dealkylation sites (N-methyl/N-ethyl adjacent to an activating group) is 2. The van der Waals surface area contributed by atoms with Gasteiger partial charge in [-0.25, -0.2) is 9.78 Å². The van der Waals surface area contributed by atoms with Gasteiger partial charge in [-0.1, -0.05) is 44.9 Å². The summed E-state index contributed by atoms with van der Waals surface area (Å²) < 4.78 is 10.6. The summed E-state index contributed by atoms with van der Waals surface area (Å²) in [6.45, 7) is 12.5. The number of pyridine rings is 1. The maximum absolute atomic E-state index is 13.2. The predicted molar refractivity (Wildman–Crippen MR) is 171 cm³/mol. The number of amides is 3. The second-order valence-electron chi connectivity index (χ2n) is 11.7. The highest BCUT2D eigenvalue weighted by molar-refractivity contribution is 8.77. The zero-order valence-electron chi connectivity index (χ0n) is 27.3. The van der Waals surface area contributed by atoms with Crippen molar-refractivity contribution < 1.29 is 33.6 Å². The molecule has 3 amide bonds. The number of hydrogen-bond acceptors (Lipinski definition) is 11. The molecule has 44 heavy (non-hydrogen) atoms. The summed E-state index contributed by atoms with van der Waals surface area (Å²) in [6, 6.07) is 1.65. The van der Waals surface area contributed by atoms with Crippen LogP contribution in [0.4, 0.5) is 10.5 Å². The molecule has 0 saturated carbocycles. The average molecular weight is 658 g/mol. The molecule has 1 rings (SSSR count). The molecule has 0 aliphatic heterocycles. The number of nitro groups is 1. The first kappa shape index (κ1) is 39.1. The van der Waals surface area contributed by atoms with E-state index in [1.807, 2.05) is 27.7 Å². The minimum Gasteiger partial charge on any atom is -0.448 e. The lowest BCUT2D eigenvalue weighted by Gasteiger charge is -2.37. The molecule has 1 aromatic heterocycles. The number of carbonyl (C=O) groups excluding carboxylic acids is 4. The van der Waals surface area contributed by atoms with Crippen LogP contribution in [0.3, 0.4) is 0 Å². The molecule has 1 heterocycles. The van der Waals surface area contributed by atoms with Crippen LogP contribution in [0.2, 0.25) is 0 Å². The van der Waals surface area contributed by atoms with Gasteiger partial charge >= 0.3 is 6.09 Å². The van der Waals surface area contributed by atoms with Crippen molar-refractivity contribution in [2.75, 3.05) is 34.4 Å². The molecular formula is C29H47N5O8S2. The lowest BCUT2D eigenvalue weighted by molar-refractivity contribution is -0.385. The number of ether oxygens (including phenoxy) is 2. The van der Waals surface area contributed by atoms with Crippen molar-refractivity contribution in [2.24, 2.45) is 11.8 Å². The summed E-state index contributed by atoms with van der Waals surface area (Å²) in [4.78, 5) is 68.3. The van der Waals surface area contributed by atoms with Crippen LogP contribution >= 0.6 is 21.6 Å². The second kappa shape index (κ2) is 18.2. The smallest absolute Gasteiger partial charge is 0.410 e. The van der Waals surface area contributed by atoms with E-state index >= 15 is 0 Å². The number of methoxy groups -OCH3 is 1. The van der Waals surface area contributed by atoms with Crippen LogP contribution < -0.4 is 5.32 Å². The van der Waals surface area contributed by atoms with Crippen LogP contribution in [0.15, 0.2) is 23.4 Å². The SMILES string of the molecule is CCC(C)C(C(CC(C)=O)OC)N(C)C(=O)CNC(=O)C(C(C)C)N(C)C(=O)OCC(C)(C)SSc1ccc([N+](=O)[O-])cn1. The Morgan fingerprint density at radius 3 is 2.25 bits per heavy atom. The molecule has 0 aromatic carbocycles. The summed E-state index contributed by atoms with van der Waals surface area (Å²) >= 11 is 0. The fraction of sp³-hybridized carbons (Fsp3) is 0.690. The average Bonchev–Trinajstić information content (AvgIpc) is 2.96. The van der Waals surface area contributed by atoms with Crippen molar-refractivity contribution in [2.45, 2.75) is 89.3 Å². The van der Waals surface area contributed by atoms with Crippen LogP contribution in [0.1, 0.15) is 61.3 Å². The van der Waals surface area contributed by atoms with E-state index in [4.69, 9.17) is 9.47 Å². The maximum atomic E-state index is 13.2. The minimum atomic E-state index is -0.898. The van der Waals surface area contributed by atoms with Gasteiger partial charge in [0.15, 0.2) is 0 Å². The molecular weight excluding hydrogens is 610 g/mol. The topological polar surface area (TPSA) is 161 Å². The van der Waals surface area contributed by atoms with Crippen LogP contribution in [0.5, 0.6) is 0 Å². The Bertz CT molecular complexity index is 1140. The Morgan fingerprint density at radius 1 is 1.14 bits per heavy atom. The molecule has 0 spiro atoms. The number of nitrogens with one attached hydrogen (secondary N) is 1. The van der Waals surface area contributed by atoms with E-state index in [9.17, 15) is 29.3 Å². The van der Waals surface area contributed by atoms with Crippen molar-refractivity contribution >= 4 is 51.0 Å². The van der Waals surface area contributed by atoms with Gasteiger partial charge in [0, 0.05) is 33.7 Å². The molecule has 0 saturated heterocycles. The van der Waals surface area contributed by atoms with Gasteiger partial charge in [0.25, 0.3) is 5.69 Å². The number of Topliss-reactive ketones (excluding diaryl/α,β-unsaturated/α-hetero) is 1. The Balaban J connectivity index is 2.80. The third kappa shape index (κ3) is 12.2. The van der Waals surface area contributed by atoms with Gasteiger partial charge in [0.05, 0.1) is 28.4 Å². The van der Waals surface area contributed by atoms with Crippen molar-refractivity contribution in [3.63, 3.8) is 0 Å². The lowest BCUT2D eigenvalue weighted by atomic mass is 9.90. The first-order chi connectivity index (χ1) is 20.4. The zero-order chi connectivity index (χ0) is 33.8. The van der Waals surface area contributed by atoms with Crippen LogP contribution in [0.25, 0.3) is 0 Å². The minimum absolute atomic E-state index is 0.0223. The Hall–Kier alpha value is -2.91. The van der Waals surface area contributed by atoms with Crippen molar-refractivity contribution in [3.05, 3.63) is 28.4 Å². The molecule has 0 bridgehead atoms. The third-order valence-corrected chi connectivity index (χ3v) is 10.3. The predicted octanol–water partition coefficient (Wildman–Crippen LogP) is 4.59. The fourth-order valence-electron chi connectivity index (χ4n) is 4.51. The molecule has 0 radical (unpaired) electrons. The number of rotatable bonds is 18. The monoisotopic (exact) mass is 657 g/mol. The van der Waals surface area contributed by atoms with E-state index < -0.39 is 33.8 Å². The van der Waals surface area contributed by atoms with Gasteiger partial charge in [0.2, 0.25) is 11.8 Å². The Kier molecular flexibility index (Phi) is 16.1.